The van der Waals surface area contributed by atoms with Crippen LogP contribution in [0.5, 0.6) is 0 Å². The van der Waals surface area contributed by atoms with Gasteiger partial charge in [-0.25, -0.2) is 4.79 Å². The van der Waals surface area contributed by atoms with E-state index in [2.05, 4.69) is 11.9 Å². The van der Waals surface area contributed by atoms with Crippen LogP contribution in [0.4, 0.5) is 4.79 Å². The molecule has 0 radical (unpaired) electrons. The average molecular weight is 269 g/mol. The summed E-state index contributed by atoms with van der Waals surface area (Å²) in [6, 6.07) is 0.191. The molecule has 2 N–H and O–H groups in total. The maximum atomic E-state index is 12.1. The number of rotatable bonds is 0. The summed E-state index contributed by atoms with van der Waals surface area (Å²) in [5.74, 6) is 0. The van der Waals surface area contributed by atoms with Crippen molar-refractivity contribution in [3.05, 3.63) is 0 Å². The molecule has 0 aromatic heterocycles. The first-order valence-corrected chi connectivity index (χ1v) is 7.14. The van der Waals surface area contributed by atoms with Gasteiger partial charge in [0.25, 0.3) is 0 Å². The molecule has 2 aliphatic rings. The number of hydrogen-bond acceptors (Lipinski definition) is 4. The number of nitrogens with two attached hydrogens (primary N) is 1. The van der Waals surface area contributed by atoms with Crippen molar-refractivity contribution in [2.75, 3.05) is 33.2 Å². The van der Waals surface area contributed by atoms with Crippen LogP contribution in [-0.4, -0.2) is 60.8 Å². The molecule has 0 aliphatic carbocycles. The number of hydrogen-bond donors (Lipinski definition) is 1. The topological polar surface area (TPSA) is 58.8 Å². The van der Waals surface area contributed by atoms with Crippen LogP contribution in [0.2, 0.25) is 0 Å². The van der Waals surface area contributed by atoms with E-state index >= 15 is 0 Å². The Balaban J connectivity index is 2.00. The summed E-state index contributed by atoms with van der Waals surface area (Å²) in [6.45, 7) is 9.22. The summed E-state index contributed by atoms with van der Waals surface area (Å²) in [5.41, 5.74) is 5.95. The molecule has 5 heteroatoms. The number of ether oxygens (including phenoxy) is 1. The zero-order valence-corrected chi connectivity index (χ0v) is 12.6. The molecular weight excluding hydrogens is 242 g/mol. The lowest BCUT2D eigenvalue weighted by Gasteiger charge is -2.43. The van der Waals surface area contributed by atoms with E-state index in [1.165, 1.54) is 0 Å². The smallest absolute Gasteiger partial charge is 0.410 e. The summed E-state index contributed by atoms with van der Waals surface area (Å²) in [4.78, 5) is 16.3. The van der Waals surface area contributed by atoms with Gasteiger partial charge >= 0.3 is 6.09 Å². The highest BCUT2D eigenvalue weighted by Gasteiger charge is 2.47. The van der Waals surface area contributed by atoms with Crippen LogP contribution in [0.3, 0.4) is 0 Å². The molecule has 1 amide bonds. The SMILES string of the molecule is CN1CCC(N)C2(CCN(C(=O)OC(C)(C)C)C2)C1. The summed E-state index contributed by atoms with van der Waals surface area (Å²) in [5, 5.41) is 0. The van der Waals surface area contributed by atoms with Crippen LogP contribution >= 0.6 is 0 Å². The molecule has 0 aromatic rings. The quantitative estimate of drug-likeness (QED) is 0.719. The third-order valence-electron chi connectivity index (χ3n) is 4.23. The maximum absolute atomic E-state index is 12.1. The molecule has 110 valence electrons. The molecule has 2 unspecified atom stereocenters. The largest absolute Gasteiger partial charge is 0.444 e. The average Bonchev–Trinajstić information content (AvgIpc) is 2.67. The summed E-state index contributed by atoms with van der Waals surface area (Å²) < 4.78 is 5.45. The number of likely N-dealkylation sites (tertiary alicyclic amines) is 2. The minimum atomic E-state index is -0.432. The molecule has 5 nitrogen and oxygen atoms in total. The second-order valence-electron chi connectivity index (χ2n) is 7.15. The standard InChI is InChI=1S/C14H27N3O2/c1-13(2,3)19-12(18)17-8-6-14(10-17)9-16(4)7-5-11(14)15/h11H,5-10,15H2,1-4H3. The molecule has 2 aliphatic heterocycles. The van der Waals surface area contributed by atoms with E-state index in [4.69, 9.17) is 10.5 Å². The lowest BCUT2D eigenvalue weighted by atomic mass is 9.75. The second-order valence-corrected chi connectivity index (χ2v) is 7.15. The molecule has 2 rings (SSSR count). The van der Waals surface area contributed by atoms with Crippen LogP contribution in [-0.2, 0) is 4.74 Å². The van der Waals surface area contributed by atoms with Crippen LogP contribution in [0.15, 0.2) is 0 Å². The molecule has 19 heavy (non-hydrogen) atoms. The van der Waals surface area contributed by atoms with Crippen molar-refractivity contribution in [1.29, 1.82) is 0 Å². The number of amides is 1. The Morgan fingerprint density at radius 2 is 2.00 bits per heavy atom. The Kier molecular flexibility index (Phi) is 3.80. The predicted octanol–water partition coefficient (Wildman–Crippen LogP) is 1.28. The van der Waals surface area contributed by atoms with Crippen molar-refractivity contribution in [2.24, 2.45) is 11.1 Å². The molecular formula is C14H27N3O2. The lowest BCUT2D eigenvalue weighted by Crippen LogP contribution is -2.55. The molecule has 0 saturated carbocycles. The van der Waals surface area contributed by atoms with Gasteiger partial charge in [-0.1, -0.05) is 0 Å². The Labute approximate surface area is 116 Å². The van der Waals surface area contributed by atoms with E-state index in [0.29, 0.717) is 0 Å². The Morgan fingerprint density at radius 1 is 1.32 bits per heavy atom. The van der Waals surface area contributed by atoms with Gasteiger partial charge in [-0.05, 0) is 47.2 Å². The first-order chi connectivity index (χ1) is 8.72. The number of carbonyl (C=O) groups is 1. The highest BCUT2D eigenvalue weighted by atomic mass is 16.6. The van der Waals surface area contributed by atoms with E-state index in [0.717, 1.165) is 39.0 Å². The van der Waals surface area contributed by atoms with E-state index in [9.17, 15) is 4.79 Å². The third-order valence-corrected chi connectivity index (χ3v) is 4.23. The van der Waals surface area contributed by atoms with Crippen LogP contribution in [0, 0.1) is 5.41 Å². The summed E-state index contributed by atoms with van der Waals surface area (Å²) in [7, 11) is 2.13. The van der Waals surface area contributed by atoms with E-state index in [1.807, 2.05) is 25.7 Å². The van der Waals surface area contributed by atoms with Crippen molar-refractivity contribution >= 4 is 6.09 Å². The minimum absolute atomic E-state index is 0.0594. The van der Waals surface area contributed by atoms with Crippen LogP contribution < -0.4 is 5.73 Å². The zero-order chi connectivity index (χ0) is 14.3. The maximum Gasteiger partial charge on any atom is 0.410 e. The molecule has 1 spiro atoms. The normalized spacial score (nSPS) is 32.9. The van der Waals surface area contributed by atoms with Gasteiger partial charge in [0.05, 0.1) is 0 Å². The molecule has 2 atom stereocenters. The minimum Gasteiger partial charge on any atom is -0.444 e. The van der Waals surface area contributed by atoms with Crippen molar-refractivity contribution in [1.82, 2.24) is 9.80 Å². The molecule has 2 saturated heterocycles. The fourth-order valence-corrected chi connectivity index (χ4v) is 3.21. The second kappa shape index (κ2) is 4.94. The first-order valence-electron chi connectivity index (χ1n) is 7.14. The fourth-order valence-electron chi connectivity index (χ4n) is 3.21. The number of piperidine rings is 1. The third kappa shape index (κ3) is 3.20. The van der Waals surface area contributed by atoms with Crippen molar-refractivity contribution in [3.8, 4) is 0 Å². The molecule has 2 heterocycles. The fraction of sp³-hybridized carbons (Fsp3) is 0.929. The molecule has 0 bridgehead atoms. The van der Waals surface area contributed by atoms with E-state index in [-0.39, 0.29) is 17.6 Å². The highest BCUT2D eigenvalue weighted by Crippen LogP contribution is 2.38. The number of carbonyl (C=O) groups excluding carboxylic acids is 1. The first kappa shape index (κ1) is 14.6. The van der Waals surface area contributed by atoms with Gasteiger partial charge in [-0.2, -0.15) is 0 Å². The van der Waals surface area contributed by atoms with Crippen LogP contribution in [0.1, 0.15) is 33.6 Å². The van der Waals surface area contributed by atoms with Gasteiger partial charge in [0.2, 0.25) is 0 Å². The highest BCUT2D eigenvalue weighted by molar-refractivity contribution is 5.68. The monoisotopic (exact) mass is 269 g/mol. The Morgan fingerprint density at radius 3 is 2.63 bits per heavy atom. The van der Waals surface area contributed by atoms with E-state index in [1.54, 1.807) is 0 Å². The predicted molar refractivity (Wildman–Crippen MR) is 74.9 cm³/mol. The van der Waals surface area contributed by atoms with Gasteiger partial charge in [0.15, 0.2) is 0 Å². The summed E-state index contributed by atoms with van der Waals surface area (Å²) in [6.07, 6.45) is 1.79. The Hall–Kier alpha value is -0.810. The summed E-state index contributed by atoms with van der Waals surface area (Å²) >= 11 is 0. The van der Waals surface area contributed by atoms with Crippen molar-refractivity contribution < 1.29 is 9.53 Å². The van der Waals surface area contributed by atoms with Crippen molar-refractivity contribution in [2.45, 2.75) is 45.3 Å². The Bertz CT molecular complexity index is 353. The van der Waals surface area contributed by atoms with E-state index < -0.39 is 5.60 Å². The van der Waals surface area contributed by atoms with Crippen LogP contribution in [0.25, 0.3) is 0 Å². The number of nitrogens with zero attached hydrogens (tertiary/aromatic N) is 2. The molecule has 2 fully saturated rings. The van der Waals surface area contributed by atoms with Gasteiger partial charge in [0, 0.05) is 31.1 Å². The van der Waals surface area contributed by atoms with Gasteiger partial charge < -0.3 is 20.3 Å². The zero-order valence-electron chi connectivity index (χ0n) is 12.6. The van der Waals surface area contributed by atoms with Gasteiger partial charge in [-0.15, -0.1) is 0 Å². The molecule has 0 aromatic carbocycles. The van der Waals surface area contributed by atoms with Gasteiger partial charge in [-0.3, -0.25) is 0 Å². The lowest BCUT2D eigenvalue weighted by molar-refractivity contribution is 0.0231. The van der Waals surface area contributed by atoms with Crippen molar-refractivity contribution in [3.63, 3.8) is 0 Å². The van der Waals surface area contributed by atoms with Gasteiger partial charge in [0.1, 0.15) is 5.60 Å².